The number of rotatable bonds is 2. The van der Waals surface area contributed by atoms with Gasteiger partial charge in [0.15, 0.2) is 0 Å². The third kappa shape index (κ3) is 3.10. The number of benzene rings is 1. The average molecular weight is 289 g/mol. The van der Waals surface area contributed by atoms with Crippen LogP contribution in [0.2, 0.25) is 0 Å². The standard InChI is InChI=1S/C17H23NOS/c1-11-8-7-9-12(10-11)15-18-13(16(2,3)4)14(20-15)17(5,6)19/h7-10,19H,1-6H3. The predicted octanol–water partition coefficient (Wildman–Crippen LogP) is 4.64. The van der Waals surface area contributed by atoms with Crippen molar-refractivity contribution in [2.75, 3.05) is 0 Å². The molecule has 0 amide bonds. The molecule has 0 aliphatic heterocycles. The highest BCUT2D eigenvalue weighted by atomic mass is 32.1. The Hall–Kier alpha value is -1.19. The maximum Gasteiger partial charge on any atom is 0.124 e. The fourth-order valence-electron chi connectivity index (χ4n) is 2.14. The molecule has 2 rings (SSSR count). The molecule has 108 valence electrons. The van der Waals surface area contributed by atoms with E-state index in [9.17, 15) is 5.11 Å². The van der Waals surface area contributed by atoms with Gasteiger partial charge in [-0.2, -0.15) is 0 Å². The molecule has 20 heavy (non-hydrogen) atoms. The third-order valence-corrected chi connectivity index (χ3v) is 4.58. The summed E-state index contributed by atoms with van der Waals surface area (Å²) in [5, 5.41) is 11.4. The lowest BCUT2D eigenvalue weighted by Crippen LogP contribution is -2.22. The van der Waals surface area contributed by atoms with E-state index in [2.05, 4.69) is 45.9 Å². The van der Waals surface area contributed by atoms with Crippen LogP contribution in [0.5, 0.6) is 0 Å². The van der Waals surface area contributed by atoms with Crippen LogP contribution in [0.3, 0.4) is 0 Å². The average Bonchev–Trinajstić information content (AvgIpc) is 2.72. The molecule has 0 bridgehead atoms. The summed E-state index contributed by atoms with van der Waals surface area (Å²) < 4.78 is 0. The first-order valence-electron chi connectivity index (χ1n) is 6.90. The monoisotopic (exact) mass is 289 g/mol. The Morgan fingerprint density at radius 1 is 1.10 bits per heavy atom. The van der Waals surface area contributed by atoms with Gasteiger partial charge in [-0.25, -0.2) is 4.98 Å². The van der Waals surface area contributed by atoms with Gasteiger partial charge in [0.25, 0.3) is 0 Å². The number of thiazole rings is 1. The van der Waals surface area contributed by atoms with Crippen LogP contribution in [-0.4, -0.2) is 10.1 Å². The quantitative estimate of drug-likeness (QED) is 0.873. The number of hydrogen-bond donors (Lipinski definition) is 1. The van der Waals surface area contributed by atoms with Crippen molar-refractivity contribution >= 4 is 11.3 Å². The SMILES string of the molecule is Cc1cccc(-c2nc(C(C)(C)C)c(C(C)(C)O)s2)c1. The lowest BCUT2D eigenvalue weighted by Gasteiger charge is -2.23. The van der Waals surface area contributed by atoms with Gasteiger partial charge in [0.1, 0.15) is 5.01 Å². The molecule has 0 unspecified atom stereocenters. The highest BCUT2D eigenvalue weighted by Gasteiger charge is 2.31. The van der Waals surface area contributed by atoms with Crippen molar-refractivity contribution < 1.29 is 5.11 Å². The third-order valence-electron chi connectivity index (χ3n) is 3.16. The molecule has 0 spiro atoms. The molecule has 1 aromatic carbocycles. The second-order valence-corrected chi connectivity index (χ2v) is 7.87. The smallest absolute Gasteiger partial charge is 0.124 e. The van der Waals surface area contributed by atoms with E-state index in [1.165, 1.54) is 5.56 Å². The number of aryl methyl sites for hydroxylation is 1. The first-order chi connectivity index (χ1) is 9.09. The zero-order valence-corrected chi connectivity index (χ0v) is 13.9. The minimum Gasteiger partial charge on any atom is -0.385 e. The minimum atomic E-state index is -0.859. The largest absolute Gasteiger partial charge is 0.385 e. The molecule has 0 saturated carbocycles. The zero-order chi connectivity index (χ0) is 15.1. The summed E-state index contributed by atoms with van der Waals surface area (Å²) in [6, 6.07) is 8.34. The first kappa shape index (κ1) is 15.2. The van der Waals surface area contributed by atoms with Crippen molar-refractivity contribution in [3.63, 3.8) is 0 Å². The van der Waals surface area contributed by atoms with Gasteiger partial charge in [0.05, 0.1) is 16.2 Å². The first-order valence-corrected chi connectivity index (χ1v) is 7.72. The van der Waals surface area contributed by atoms with Gasteiger partial charge in [0.2, 0.25) is 0 Å². The second-order valence-electron chi connectivity index (χ2n) is 6.88. The Morgan fingerprint density at radius 3 is 2.20 bits per heavy atom. The lowest BCUT2D eigenvalue weighted by atomic mass is 9.88. The topological polar surface area (TPSA) is 33.1 Å². The van der Waals surface area contributed by atoms with Crippen molar-refractivity contribution in [3.8, 4) is 10.6 Å². The maximum atomic E-state index is 10.4. The van der Waals surface area contributed by atoms with Crippen LogP contribution in [0.15, 0.2) is 24.3 Å². The molecular weight excluding hydrogens is 266 g/mol. The van der Waals surface area contributed by atoms with Crippen molar-refractivity contribution in [1.82, 2.24) is 4.98 Å². The van der Waals surface area contributed by atoms with Crippen LogP contribution in [0.1, 0.15) is 50.8 Å². The molecule has 0 aliphatic carbocycles. The summed E-state index contributed by atoms with van der Waals surface area (Å²) in [5.41, 5.74) is 2.40. The van der Waals surface area contributed by atoms with Gasteiger partial charge in [-0.3, -0.25) is 0 Å². The Kier molecular flexibility index (Phi) is 3.78. The molecule has 0 atom stereocenters. The van der Waals surface area contributed by atoms with E-state index in [0.717, 1.165) is 21.1 Å². The van der Waals surface area contributed by atoms with E-state index < -0.39 is 5.60 Å². The van der Waals surface area contributed by atoms with Gasteiger partial charge < -0.3 is 5.11 Å². The second kappa shape index (κ2) is 4.97. The number of aromatic nitrogens is 1. The molecule has 0 fully saturated rings. The van der Waals surface area contributed by atoms with Gasteiger partial charge >= 0.3 is 0 Å². The van der Waals surface area contributed by atoms with E-state index >= 15 is 0 Å². The Labute approximate surface area is 125 Å². The van der Waals surface area contributed by atoms with Gasteiger partial charge in [-0.15, -0.1) is 11.3 Å². The van der Waals surface area contributed by atoms with E-state index in [1.807, 2.05) is 19.9 Å². The van der Waals surface area contributed by atoms with Crippen LogP contribution in [0.4, 0.5) is 0 Å². The van der Waals surface area contributed by atoms with E-state index in [4.69, 9.17) is 4.98 Å². The molecule has 1 heterocycles. The summed E-state index contributed by atoms with van der Waals surface area (Å²) in [5.74, 6) is 0. The Morgan fingerprint density at radius 2 is 1.75 bits per heavy atom. The van der Waals surface area contributed by atoms with E-state index in [-0.39, 0.29) is 5.41 Å². The fraction of sp³-hybridized carbons (Fsp3) is 0.471. The summed E-state index contributed by atoms with van der Waals surface area (Å²) in [7, 11) is 0. The number of aliphatic hydroxyl groups is 1. The molecule has 1 N–H and O–H groups in total. The Bertz CT molecular complexity index is 583. The molecule has 0 radical (unpaired) electrons. The molecule has 2 nitrogen and oxygen atoms in total. The van der Waals surface area contributed by atoms with Crippen LogP contribution < -0.4 is 0 Å². The van der Waals surface area contributed by atoms with Gasteiger partial charge in [-0.05, 0) is 26.8 Å². The predicted molar refractivity (Wildman–Crippen MR) is 86.2 cm³/mol. The number of hydrogen-bond acceptors (Lipinski definition) is 3. The fourth-order valence-corrected chi connectivity index (χ4v) is 3.42. The van der Waals surface area contributed by atoms with Crippen LogP contribution in [0, 0.1) is 6.92 Å². The van der Waals surface area contributed by atoms with Gasteiger partial charge in [-0.1, -0.05) is 44.5 Å². The molecule has 1 aromatic heterocycles. The lowest BCUT2D eigenvalue weighted by molar-refractivity contribution is 0.0803. The molecule has 0 aliphatic rings. The van der Waals surface area contributed by atoms with Gasteiger partial charge in [0, 0.05) is 11.0 Å². The number of nitrogens with zero attached hydrogens (tertiary/aromatic N) is 1. The zero-order valence-electron chi connectivity index (χ0n) is 13.1. The minimum absolute atomic E-state index is 0.0755. The van der Waals surface area contributed by atoms with E-state index in [1.54, 1.807) is 11.3 Å². The van der Waals surface area contributed by atoms with Crippen molar-refractivity contribution in [1.29, 1.82) is 0 Å². The molecule has 3 heteroatoms. The molecule has 0 saturated heterocycles. The molecule has 2 aromatic rings. The van der Waals surface area contributed by atoms with E-state index in [0.29, 0.717) is 0 Å². The summed E-state index contributed by atoms with van der Waals surface area (Å²) in [4.78, 5) is 5.78. The Balaban J connectivity index is 2.61. The maximum absolute atomic E-state index is 10.4. The van der Waals surface area contributed by atoms with Crippen molar-refractivity contribution in [2.45, 2.75) is 52.6 Å². The van der Waals surface area contributed by atoms with Crippen LogP contribution in [-0.2, 0) is 11.0 Å². The van der Waals surface area contributed by atoms with Crippen LogP contribution in [0.25, 0.3) is 10.6 Å². The summed E-state index contributed by atoms with van der Waals surface area (Å²) in [6.45, 7) is 12.1. The molecular formula is C17H23NOS. The highest BCUT2D eigenvalue weighted by molar-refractivity contribution is 7.15. The summed E-state index contributed by atoms with van der Waals surface area (Å²) in [6.07, 6.45) is 0. The van der Waals surface area contributed by atoms with Crippen molar-refractivity contribution in [3.05, 3.63) is 40.4 Å². The van der Waals surface area contributed by atoms with Crippen molar-refractivity contribution in [2.24, 2.45) is 0 Å². The highest BCUT2D eigenvalue weighted by Crippen LogP contribution is 2.39. The summed E-state index contributed by atoms with van der Waals surface area (Å²) >= 11 is 1.59. The normalized spacial score (nSPS) is 12.8. The van der Waals surface area contributed by atoms with Crippen LogP contribution >= 0.6 is 11.3 Å².